The molecule has 0 N–H and O–H groups in total. The smallest absolute Gasteiger partial charge is 0.243 e. The van der Waals surface area contributed by atoms with Gasteiger partial charge in [0.15, 0.2) is 0 Å². The molecule has 1 aromatic heterocycles. The summed E-state index contributed by atoms with van der Waals surface area (Å²) < 4.78 is 34.6. The lowest BCUT2D eigenvalue weighted by atomic mass is 10.1. The van der Waals surface area contributed by atoms with Gasteiger partial charge in [0.1, 0.15) is 12.4 Å². The maximum atomic E-state index is 13.6. The SMILES string of the molecule is CC(=O)N1CCOc2cc(S(=O)(=O)N3CCCCC[C@H]3c3ccc(C)s3)ccc21. The zero-order chi connectivity index (χ0) is 20.6. The number of hydrogen-bond acceptors (Lipinski definition) is 5. The van der Waals surface area contributed by atoms with E-state index in [2.05, 4.69) is 12.1 Å². The summed E-state index contributed by atoms with van der Waals surface area (Å²) in [6.07, 6.45) is 3.75. The molecule has 1 atom stereocenters. The van der Waals surface area contributed by atoms with Crippen LogP contribution in [0.15, 0.2) is 35.2 Å². The Labute approximate surface area is 176 Å². The predicted octanol–water partition coefficient (Wildman–Crippen LogP) is 4.11. The minimum Gasteiger partial charge on any atom is -0.489 e. The number of rotatable bonds is 3. The van der Waals surface area contributed by atoms with Crippen molar-refractivity contribution in [3.63, 3.8) is 0 Å². The summed E-state index contributed by atoms with van der Waals surface area (Å²) in [6.45, 7) is 4.90. The van der Waals surface area contributed by atoms with Crippen molar-refractivity contribution in [2.24, 2.45) is 0 Å². The molecule has 0 spiro atoms. The van der Waals surface area contributed by atoms with Crippen molar-refractivity contribution in [2.75, 3.05) is 24.6 Å². The van der Waals surface area contributed by atoms with Crippen molar-refractivity contribution < 1.29 is 17.9 Å². The van der Waals surface area contributed by atoms with Crippen LogP contribution in [-0.4, -0.2) is 38.3 Å². The minimum atomic E-state index is -3.69. The summed E-state index contributed by atoms with van der Waals surface area (Å²) in [5.74, 6) is 0.372. The van der Waals surface area contributed by atoms with Gasteiger partial charge in [-0.25, -0.2) is 8.42 Å². The van der Waals surface area contributed by atoms with E-state index in [1.165, 1.54) is 11.8 Å². The molecule has 2 aliphatic rings. The number of fused-ring (bicyclic) bond motifs is 1. The standard InChI is InChI=1S/C21H26N2O4S2/c1-15-7-10-21(28-15)19-6-4-3-5-11-23(19)29(25,26)17-8-9-18-20(14-17)27-13-12-22(18)16(2)24/h7-10,14,19H,3-6,11-13H2,1-2H3/t19-/m0/s1. The molecule has 6 nitrogen and oxygen atoms in total. The predicted molar refractivity (Wildman–Crippen MR) is 114 cm³/mol. The van der Waals surface area contributed by atoms with E-state index >= 15 is 0 Å². The number of anilines is 1. The van der Waals surface area contributed by atoms with Gasteiger partial charge in [0.25, 0.3) is 0 Å². The van der Waals surface area contributed by atoms with Crippen LogP contribution in [0.2, 0.25) is 0 Å². The van der Waals surface area contributed by atoms with Gasteiger partial charge in [-0.3, -0.25) is 4.79 Å². The topological polar surface area (TPSA) is 66.9 Å². The molecule has 1 fully saturated rings. The highest BCUT2D eigenvalue weighted by molar-refractivity contribution is 7.89. The molecule has 0 radical (unpaired) electrons. The van der Waals surface area contributed by atoms with E-state index in [1.807, 2.05) is 6.92 Å². The number of thiophene rings is 1. The van der Waals surface area contributed by atoms with Crippen molar-refractivity contribution in [3.05, 3.63) is 40.1 Å². The second-order valence-electron chi connectivity index (χ2n) is 7.58. The second-order valence-corrected chi connectivity index (χ2v) is 10.8. The first-order valence-corrected chi connectivity index (χ1v) is 12.3. The van der Waals surface area contributed by atoms with Crippen molar-refractivity contribution in [3.8, 4) is 5.75 Å². The number of carbonyl (C=O) groups is 1. The number of nitrogens with zero attached hydrogens (tertiary/aromatic N) is 2. The first-order valence-electron chi connectivity index (χ1n) is 10.0. The monoisotopic (exact) mass is 434 g/mol. The van der Waals surface area contributed by atoms with Crippen LogP contribution in [-0.2, 0) is 14.8 Å². The molecule has 3 heterocycles. The molecule has 0 bridgehead atoms. The van der Waals surface area contributed by atoms with Gasteiger partial charge < -0.3 is 9.64 Å². The average Bonchev–Trinajstić information content (AvgIpc) is 2.98. The Morgan fingerprint density at radius 1 is 1.14 bits per heavy atom. The minimum absolute atomic E-state index is 0.0780. The van der Waals surface area contributed by atoms with E-state index in [4.69, 9.17) is 4.74 Å². The van der Waals surface area contributed by atoms with Crippen LogP contribution in [0.1, 0.15) is 48.4 Å². The zero-order valence-corrected chi connectivity index (χ0v) is 18.4. The van der Waals surface area contributed by atoms with Gasteiger partial charge in [-0.15, -0.1) is 11.3 Å². The third kappa shape index (κ3) is 3.93. The van der Waals surface area contributed by atoms with Crippen LogP contribution in [0.5, 0.6) is 5.75 Å². The molecule has 1 saturated heterocycles. The molecule has 8 heteroatoms. The first-order chi connectivity index (χ1) is 13.9. The number of benzene rings is 1. The lowest BCUT2D eigenvalue weighted by Crippen LogP contribution is -2.37. The van der Waals surface area contributed by atoms with Crippen LogP contribution in [0.4, 0.5) is 5.69 Å². The molecular formula is C21H26N2O4S2. The third-order valence-corrected chi connectivity index (χ3v) is 8.58. The van der Waals surface area contributed by atoms with E-state index in [-0.39, 0.29) is 16.8 Å². The lowest BCUT2D eigenvalue weighted by molar-refractivity contribution is -0.116. The Hall–Kier alpha value is -1.90. The number of sulfonamides is 1. The van der Waals surface area contributed by atoms with Crippen LogP contribution >= 0.6 is 11.3 Å². The van der Waals surface area contributed by atoms with Crippen molar-refractivity contribution in [1.82, 2.24) is 4.31 Å². The molecule has 2 aliphatic heterocycles. The molecular weight excluding hydrogens is 408 g/mol. The molecule has 1 aromatic carbocycles. The van der Waals surface area contributed by atoms with Gasteiger partial charge in [-0.2, -0.15) is 4.31 Å². The average molecular weight is 435 g/mol. The molecule has 0 saturated carbocycles. The number of amides is 1. The number of aryl methyl sites for hydroxylation is 1. The Bertz CT molecular complexity index is 1020. The third-order valence-electron chi connectivity index (χ3n) is 5.57. The van der Waals surface area contributed by atoms with Gasteiger partial charge in [0.2, 0.25) is 15.9 Å². The van der Waals surface area contributed by atoms with Crippen LogP contribution < -0.4 is 9.64 Å². The van der Waals surface area contributed by atoms with Gasteiger partial charge in [0.05, 0.1) is 23.2 Å². The van der Waals surface area contributed by atoms with Crippen LogP contribution in [0.25, 0.3) is 0 Å². The fraction of sp³-hybridized carbons (Fsp3) is 0.476. The highest BCUT2D eigenvalue weighted by Gasteiger charge is 2.35. The first kappa shape index (κ1) is 20.4. The van der Waals surface area contributed by atoms with E-state index in [0.29, 0.717) is 31.1 Å². The number of ether oxygens (including phenoxy) is 1. The summed E-state index contributed by atoms with van der Waals surface area (Å²) in [4.78, 5) is 16.0. The van der Waals surface area contributed by atoms with Crippen molar-refractivity contribution >= 4 is 33.0 Å². The summed E-state index contributed by atoms with van der Waals surface area (Å²) in [7, 11) is -3.69. The number of carbonyl (C=O) groups excluding carboxylic acids is 1. The zero-order valence-electron chi connectivity index (χ0n) is 16.8. The van der Waals surface area contributed by atoms with Gasteiger partial charge >= 0.3 is 0 Å². The molecule has 4 rings (SSSR count). The largest absolute Gasteiger partial charge is 0.489 e. The maximum absolute atomic E-state index is 13.6. The summed E-state index contributed by atoms with van der Waals surface area (Å²) >= 11 is 1.67. The van der Waals surface area contributed by atoms with Gasteiger partial charge in [-0.05, 0) is 44.0 Å². The fourth-order valence-electron chi connectivity index (χ4n) is 4.11. The van der Waals surface area contributed by atoms with Gasteiger partial charge in [0, 0.05) is 29.3 Å². The summed E-state index contributed by atoms with van der Waals surface area (Å²) in [5, 5.41) is 0. The molecule has 2 aromatic rings. The van der Waals surface area contributed by atoms with Gasteiger partial charge in [-0.1, -0.05) is 12.8 Å². The van der Waals surface area contributed by atoms with Crippen LogP contribution in [0.3, 0.4) is 0 Å². The Kier molecular flexibility index (Phi) is 5.68. The van der Waals surface area contributed by atoms with E-state index < -0.39 is 10.0 Å². The molecule has 29 heavy (non-hydrogen) atoms. The van der Waals surface area contributed by atoms with E-state index in [1.54, 1.807) is 38.7 Å². The lowest BCUT2D eigenvalue weighted by Gasteiger charge is -2.31. The van der Waals surface area contributed by atoms with Crippen LogP contribution in [0, 0.1) is 6.92 Å². The Morgan fingerprint density at radius 2 is 1.97 bits per heavy atom. The molecule has 0 unspecified atom stereocenters. The molecule has 156 valence electrons. The Balaban J connectivity index is 1.72. The van der Waals surface area contributed by atoms with E-state index in [9.17, 15) is 13.2 Å². The van der Waals surface area contributed by atoms with Crippen molar-refractivity contribution in [2.45, 2.75) is 50.5 Å². The quantitative estimate of drug-likeness (QED) is 0.729. The summed E-state index contributed by atoms with van der Waals surface area (Å²) in [6, 6.07) is 8.83. The molecule has 1 amide bonds. The second kappa shape index (κ2) is 8.08. The number of hydrogen-bond donors (Lipinski definition) is 0. The molecule has 0 aliphatic carbocycles. The van der Waals surface area contributed by atoms with E-state index in [0.717, 1.165) is 30.6 Å². The van der Waals surface area contributed by atoms with Crippen molar-refractivity contribution in [1.29, 1.82) is 0 Å². The summed E-state index contributed by atoms with van der Waals surface area (Å²) in [5.41, 5.74) is 0.629. The highest BCUT2D eigenvalue weighted by Crippen LogP contribution is 2.40. The highest BCUT2D eigenvalue weighted by atomic mass is 32.2. The maximum Gasteiger partial charge on any atom is 0.243 e. The Morgan fingerprint density at radius 3 is 2.69 bits per heavy atom. The fourth-order valence-corrected chi connectivity index (χ4v) is 6.89. The normalized spacial score (nSPS) is 20.6.